The molecule has 0 aromatic heterocycles. The number of amides is 2. The van der Waals surface area contributed by atoms with Gasteiger partial charge in [0.05, 0.1) is 0 Å². The monoisotopic (exact) mass is 416 g/mol. The van der Waals surface area contributed by atoms with E-state index in [1.165, 1.54) is 23.1 Å². The van der Waals surface area contributed by atoms with Gasteiger partial charge in [0.15, 0.2) is 0 Å². The summed E-state index contributed by atoms with van der Waals surface area (Å²) in [5, 5.41) is 2.95. The highest BCUT2D eigenvalue weighted by molar-refractivity contribution is 6.04. The molecule has 0 saturated carbocycles. The zero-order chi connectivity index (χ0) is 22.2. The summed E-state index contributed by atoms with van der Waals surface area (Å²) in [7, 11) is 0. The van der Waals surface area contributed by atoms with Crippen LogP contribution >= 0.6 is 0 Å². The van der Waals surface area contributed by atoms with Gasteiger partial charge >= 0.3 is 0 Å². The zero-order valence-corrected chi connectivity index (χ0v) is 17.9. The molecule has 1 aliphatic heterocycles. The maximum absolute atomic E-state index is 14.0. The lowest BCUT2D eigenvalue weighted by molar-refractivity contribution is -0.127. The predicted molar refractivity (Wildman–Crippen MR) is 119 cm³/mol. The summed E-state index contributed by atoms with van der Waals surface area (Å²) in [6.07, 6.45) is 0. The van der Waals surface area contributed by atoms with Crippen molar-refractivity contribution in [1.82, 2.24) is 10.2 Å². The first kappa shape index (κ1) is 20.8. The van der Waals surface area contributed by atoms with E-state index in [1.54, 1.807) is 0 Å². The molecule has 2 amide bonds. The highest BCUT2D eigenvalue weighted by atomic mass is 19.1. The number of fused-ring (bicyclic) bond motifs is 1. The number of carbonyl (C=O) groups excluding carboxylic acids is 2. The number of halogens is 1. The van der Waals surface area contributed by atoms with Crippen LogP contribution in [0.4, 0.5) is 4.39 Å². The first-order valence-electron chi connectivity index (χ1n) is 10.3. The molecule has 0 fully saturated rings. The average Bonchev–Trinajstić information content (AvgIpc) is 2.99. The molecule has 158 valence electrons. The van der Waals surface area contributed by atoms with Gasteiger partial charge in [0.25, 0.3) is 5.91 Å². The van der Waals surface area contributed by atoms with Gasteiger partial charge < -0.3 is 10.2 Å². The van der Waals surface area contributed by atoms with Gasteiger partial charge in [-0.15, -0.1) is 0 Å². The molecule has 4 nitrogen and oxygen atoms in total. The molecular formula is C26H25FN2O2. The van der Waals surface area contributed by atoms with Crippen LogP contribution in [0, 0.1) is 5.82 Å². The van der Waals surface area contributed by atoms with Crippen LogP contribution in [0.1, 0.15) is 48.3 Å². The Labute approximate surface area is 181 Å². The third-order valence-corrected chi connectivity index (χ3v) is 5.30. The first-order chi connectivity index (χ1) is 14.7. The molecule has 1 unspecified atom stereocenters. The summed E-state index contributed by atoms with van der Waals surface area (Å²) in [4.78, 5) is 28.0. The lowest BCUT2D eigenvalue weighted by Gasteiger charge is -2.29. The Morgan fingerprint density at radius 2 is 1.65 bits per heavy atom. The van der Waals surface area contributed by atoms with Crippen LogP contribution in [0.15, 0.2) is 72.8 Å². The van der Waals surface area contributed by atoms with E-state index in [9.17, 15) is 14.0 Å². The largest absolute Gasteiger partial charge is 0.349 e. The van der Waals surface area contributed by atoms with E-state index in [0.29, 0.717) is 11.1 Å². The molecule has 31 heavy (non-hydrogen) atoms. The zero-order valence-electron chi connectivity index (χ0n) is 17.9. The average molecular weight is 416 g/mol. The summed E-state index contributed by atoms with van der Waals surface area (Å²) in [6.45, 7) is 5.87. The Morgan fingerprint density at radius 3 is 2.35 bits per heavy atom. The van der Waals surface area contributed by atoms with Crippen molar-refractivity contribution in [2.24, 2.45) is 0 Å². The van der Waals surface area contributed by atoms with E-state index in [1.807, 2.05) is 75.4 Å². The second-order valence-corrected chi connectivity index (χ2v) is 8.83. The molecule has 0 saturated heterocycles. The van der Waals surface area contributed by atoms with Crippen LogP contribution in [-0.2, 0) is 11.3 Å². The van der Waals surface area contributed by atoms with E-state index in [4.69, 9.17) is 0 Å². The molecule has 3 aromatic carbocycles. The standard InChI is InChI=1S/C26H25FN2O2/c1-26(2,3)28-24(30)23-22-15-19(27)13-14-21(22)25(31)29(23)16-18-11-7-8-12-20(18)17-9-5-4-6-10-17/h4-15,23H,16H2,1-3H3,(H,28,30). The lowest BCUT2D eigenvalue weighted by atomic mass is 9.98. The fourth-order valence-electron chi connectivity index (χ4n) is 4.02. The van der Waals surface area contributed by atoms with Gasteiger partial charge in [0, 0.05) is 17.6 Å². The van der Waals surface area contributed by atoms with Crippen LogP contribution in [0.3, 0.4) is 0 Å². The number of hydrogen-bond donors (Lipinski definition) is 1. The van der Waals surface area contributed by atoms with E-state index in [2.05, 4.69) is 5.32 Å². The predicted octanol–water partition coefficient (Wildman–Crippen LogP) is 5.10. The number of benzene rings is 3. The Kier molecular flexibility index (Phi) is 5.36. The van der Waals surface area contributed by atoms with Gasteiger partial charge in [-0.3, -0.25) is 9.59 Å². The fraction of sp³-hybridized carbons (Fsp3) is 0.231. The number of nitrogens with zero attached hydrogens (tertiary/aromatic N) is 1. The van der Waals surface area contributed by atoms with E-state index in [-0.39, 0.29) is 18.4 Å². The molecule has 1 N–H and O–H groups in total. The Hall–Kier alpha value is -3.47. The van der Waals surface area contributed by atoms with Gasteiger partial charge in [0.2, 0.25) is 5.91 Å². The molecule has 0 bridgehead atoms. The highest BCUT2D eigenvalue weighted by Gasteiger charge is 2.42. The maximum Gasteiger partial charge on any atom is 0.255 e. The van der Waals surface area contributed by atoms with Crippen molar-refractivity contribution >= 4 is 11.8 Å². The minimum atomic E-state index is -0.888. The Bertz CT molecular complexity index is 1140. The molecule has 1 atom stereocenters. The lowest BCUT2D eigenvalue weighted by Crippen LogP contribution is -2.46. The molecule has 0 spiro atoms. The molecular weight excluding hydrogens is 391 g/mol. The third kappa shape index (κ3) is 4.22. The Morgan fingerprint density at radius 1 is 0.968 bits per heavy atom. The molecule has 0 aliphatic carbocycles. The summed E-state index contributed by atoms with van der Waals surface area (Å²) < 4.78 is 14.0. The van der Waals surface area contributed by atoms with Crippen molar-refractivity contribution < 1.29 is 14.0 Å². The van der Waals surface area contributed by atoms with Crippen LogP contribution in [0.2, 0.25) is 0 Å². The van der Waals surface area contributed by atoms with Crippen LogP contribution in [0.25, 0.3) is 11.1 Å². The minimum Gasteiger partial charge on any atom is -0.349 e. The van der Waals surface area contributed by atoms with Crippen molar-refractivity contribution in [3.05, 3.63) is 95.3 Å². The minimum absolute atomic E-state index is 0.239. The molecule has 1 aliphatic rings. The van der Waals surface area contributed by atoms with Gasteiger partial charge in [-0.1, -0.05) is 54.6 Å². The van der Waals surface area contributed by atoms with Crippen molar-refractivity contribution in [2.75, 3.05) is 0 Å². The maximum atomic E-state index is 14.0. The highest BCUT2D eigenvalue weighted by Crippen LogP contribution is 2.37. The fourth-order valence-corrected chi connectivity index (χ4v) is 4.02. The molecule has 1 heterocycles. The summed E-state index contributed by atoms with van der Waals surface area (Å²) >= 11 is 0. The van der Waals surface area contributed by atoms with Gasteiger partial charge in [-0.05, 0) is 61.2 Å². The van der Waals surface area contributed by atoms with Gasteiger partial charge in [-0.2, -0.15) is 0 Å². The van der Waals surface area contributed by atoms with Crippen molar-refractivity contribution in [1.29, 1.82) is 0 Å². The number of hydrogen-bond acceptors (Lipinski definition) is 2. The summed E-state index contributed by atoms with van der Waals surface area (Å²) in [5.74, 6) is -1.05. The van der Waals surface area contributed by atoms with Crippen molar-refractivity contribution in [2.45, 2.75) is 38.9 Å². The van der Waals surface area contributed by atoms with Gasteiger partial charge in [-0.25, -0.2) is 4.39 Å². The van der Waals surface area contributed by atoms with Crippen LogP contribution < -0.4 is 5.32 Å². The molecule has 3 aromatic rings. The topological polar surface area (TPSA) is 49.4 Å². The normalized spacial score (nSPS) is 15.7. The quantitative estimate of drug-likeness (QED) is 0.643. The summed E-state index contributed by atoms with van der Waals surface area (Å²) in [5.41, 5.74) is 3.24. The molecule has 5 heteroatoms. The van der Waals surface area contributed by atoms with Crippen LogP contribution in [-0.4, -0.2) is 22.3 Å². The second kappa shape index (κ2) is 7.99. The number of carbonyl (C=O) groups is 2. The Balaban J connectivity index is 1.75. The first-order valence-corrected chi connectivity index (χ1v) is 10.3. The van der Waals surface area contributed by atoms with E-state index >= 15 is 0 Å². The SMILES string of the molecule is CC(C)(C)NC(=O)C1c2cc(F)ccc2C(=O)N1Cc1ccccc1-c1ccccc1. The van der Waals surface area contributed by atoms with E-state index in [0.717, 1.165) is 16.7 Å². The summed E-state index contributed by atoms with van der Waals surface area (Å²) in [6, 6.07) is 20.9. The van der Waals surface area contributed by atoms with Crippen molar-refractivity contribution in [3.8, 4) is 11.1 Å². The molecule has 0 radical (unpaired) electrons. The number of rotatable bonds is 4. The van der Waals surface area contributed by atoms with E-state index < -0.39 is 17.4 Å². The third-order valence-electron chi connectivity index (χ3n) is 5.30. The van der Waals surface area contributed by atoms with Gasteiger partial charge in [0.1, 0.15) is 11.9 Å². The second-order valence-electron chi connectivity index (χ2n) is 8.83. The number of nitrogens with one attached hydrogen (secondary N) is 1. The smallest absolute Gasteiger partial charge is 0.255 e. The van der Waals surface area contributed by atoms with Crippen LogP contribution in [0.5, 0.6) is 0 Å². The van der Waals surface area contributed by atoms with Crippen molar-refractivity contribution in [3.63, 3.8) is 0 Å². The molecule has 4 rings (SSSR count).